The largest absolute Gasteiger partial charge is 0.469 e. The van der Waals surface area contributed by atoms with Gasteiger partial charge in [-0.1, -0.05) is 173 Å². The lowest BCUT2D eigenvalue weighted by atomic mass is 10.0. The zero-order valence-electron chi connectivity index (χ0n) is 24.5. The first-order chi connectivity index (χ1) is 18.4. The van der Waals surface area contributed by atoms with Gasteiger partial charge in [0.1, 0.15) is 4.32 Å². The van der Waals surface area contributed by atoms with E-state index < -0.39 is 7.82 Å². The monoisotopic (exact) mass is 595 g/mol. The topological polar surface area (TPSA) is 78.8 Å². The van der Waals surface area contributed by atoms with Gasteiger partial charge in [0.15, 0.2) is 0 Å². The van der Waals surface area contributed by atoms with Crippen molar-refractivity contribution in [1.82, 2.24) is 5.32 Å². The SMILES string of the molecule is O=P(O)(O)OCCCCCCCCCCCCCCCCCCCCCCCCCCCCCNC(=S)S. The second kappa shape index (κ2) is 30.3. The minimum atomic E-state index is -4.27. The second-order valence-corrected chi connectivity index (χ2v) is 13.5. The fourth-order valence-electron chi connectivity index (χ4n) is 5.03. The van der Waals surface area contributed by atoms with Crippen LogP contribution in [0.4, 0.5) is 0 Å². The molecule has 0 rings (SSSR count). The Bertz CT molecular complexity index is 548. The number of thiol groups is 1. The van der Waals surface area contributed by atoms with Crippen molar-refractivity contribution in [2.45, 2.75) is 173 Å². The molecule has 0 spiro atoms. The molecule has 0 aliphatic rings. The number of unbranched alkanes of at least 4 members (excludes halogenated alkanes) is 26. The van der Waals surface area contributed by atoms with E-state index in [1.165, 1.54) is 154 Å². The lowest BCUT2D eigenvalue weighted by Crippen LogP contribution is -2.17. The van der Waals surface area contributed by atoms with Crippen molar-refractivity contribution in [3.63, 3.8) is 0 Å². The average molecular weight is 596 g/mol. The van der Waals surface area contributed by atoms with Crippen LogP contribution in [0.3, 0.4) is 0 Å². The molecule has 0 aromatic carbocycles. The second-order valence-electron chi connectivity index (χ2n) is 11.1. The maximum atomic E-state index is 10.6. The van der Waals surface area contributed by atoms with Crippen molar-refractivity contribution in [3.05, 3.63) is 0 Å². The van der Waals surface area contributed by atoms with Gasteiger partial charge in [-0.3, -0.25) is 4.52 Å². The summed E-state index contributed by atoms with van der Waals surface area (Å²) >= 11 is 8.96. The van der Waals surface area contributed by atoms with Crippen LogP contribution in [-0.4, -0.2) is 27.3 Å². The van der Waals surface area contributed by atoms with E-state index in [0.29, 0.717) is 4.32 Å². The van der Waals surface area contributed by atoms with Gasteiger partial charge >= 0.3 is 7.82 Å². The Balaban J connectivity index is 3.06. The highest BCUT2D eigenvalue weighted by Gasteiger charge is 2.12. The Hall–Kier alpha value is 0.350. The van der Waals surface area contributed by atoms with Gasteiger partial charge in [-0.15, -0.1) is 12.6 Å². The quantitative estimate of drug-likeness (QED) is 0.0276. The Morgan fingerprint density at radius 3 is 1.00 bits per heavy atom. The minimum absolute atomic E-state index is 0.166. The van der Waals surface area contributed by atoms with Crippen molar-refractivity contribution in [2.24, 2.45) is 0 Å². The number of hydrogen-bond donors (Lipinski definition) is 4. The van der Waals surface area contributed by atoms with Crippen molar-refractivity contribution >= 4 is 37.0 Å². The summed E-state index contributed by atoms with van der Waals surface area (Å²) in [6.45, 7) is 1.14. The first kappa shape index (κ1) is 38.4. The third-order valence-corrected chi connectivity index (χ3v) is 8.18. The molecule has 0 bridgehead atoms. The van der Waals surface area contributed by atoms with Gasteiger partial charge < -0.3 is 15.1 Å². The minimum Gasteiger partial charge on any atom is -0.371 e. The summed E-state index contributed by atoms with van der Waals surface area (Å²) in [5.74, 6) is 0. The molecule has 0 heterocycles. The van der Waals surface area contributed by atoms with Gasteiger partial charge in [0, 0.05) is 6.54 Å². The molecule has 0 saturated heterocycles. The van der Waals surface area contributed by atoms with Crippen molar-refractivity contribution in [2.75, 3.05) is 13.2 Å². The molecule has 8 heteroatoms. The summed E-state index contributed by atoms with van der Waals surface area (Å²) in [4.78, 5) is 17.2. The van der Waals surface area contributed by atoms with Crippen LogP contribution in [0, 0.1) is 0 Å². The molecule has 0 atom stereocenters. The van der Waals surface area contributed by atoms with Gasteiger partial charge in [0.25, 0.3) is 0 Å². The molecule has 0 aromatic rings. The van der Waals surface area contributed by atoms with E-state index in [4.69, 9.17) is 22.0 Å². The zero-order valence-corrected chi connectivity index (χ0v) is 27.1. The third kappa shape index (κ3) is 36.4. The molecule has 0 aliphatic carbocycles. The van der Waals surface area contributed by atoms with Crippen molar-refractivity contribution in [1.29, 1.82) is 0 Å². The molecule has 228 valence electrons. The fraction of sp³-hybridized carbons (Fsp3) is 0.967. The van der Waals surface area contributed by atoms with Crippen LogP contribution in [0.1, 0.15) is 173 Å². The summed E-state index contributed by atoms with van der Waals surface area (Å²) < 4.78 is 15.6. The van der Waals surface area contributed by atoms with E-state index in [9.17, 15) is 4.57 Å². The summed E-state index contributed by atoms with van der Waals surface area (Å²) in [6.07, 6.45) is 36.1. The zero-order chi connectivity index (χ0) is 28.0. The van der Waals surface area contributed by atoms with Crippen LogP contribution < -0.4 is 5.32 Å². The summed E-state index contributed by atoms with van der Waals surface area (Å²) in [7, 11) is -4.27. The van der Waals surface area contributed by atoms with Crippen LogP contribution >= 0.6 is 32.7 Å². The Morgan fingerprint density at radius 1 is 0.526 bits per heavy atom. The molecule has 5 nitrogen and oxygen atoms in total. The van der Waals surface area contributed by atoms with Crippen LogP contribution in [0.15, 0.2) is 0 Å². The van der Waals surface area contributed by atoms with E-state index in [1.54, 1.807) is 0 Å². The maximum absolute atomic E-state index is 10.6. The Labute approximate surface area is 247 Å². The Morgan fingerprint density at radius 2 is 0.763 bits per heavy atom. The number of nitrogens with one attached hydrogen (secondary N) is 1. The maximum Gasteiger partial charge on any atom is 0.469 e. The number of thiocarbonyl (C=S) groups is 1. The first-order valence-electron chi connectivity index (χ1n) is 16.1. The van der Waals surface area contributed by atoms with Gasteiger partial charge in [-0.25, -0.2) is 4.57 Å². The summed E-state index contributed by atoms with van der Waals surface area (Å²) in [5, 5.41) is 3.10. The van der Waals surface area contributed by atoms with Crippen LogP contribution in [-0.2, 0) is 9.09 Å². The lowest BCUT2D eigenvalue weighted by molar-refractivity contribution is 0.193. The highest BCUT2D eigenvalue weighted by molar-refractivity contribution is 8.11. The highest BCUT2D eigenvalue weighted by atomic mass is 32.1. The molecule has 0 aromatic heterocycles. The number of phosphoric ester groups is 1. The Kier molecular flexibility index (Phi) is 30.6. The van der Waals surface area contributed by atoms with Crippen LogP contribution in [0.5, 0.6) is 0 Å². The van der Waals surface area contributed by atoms with E-state index in [2.05, 4.69) is 22.5 Å². The van der Waals surface area contributed by atoms with E-state index in [1.807, 2.05) is 0 Å². The molecule has 0 unspecified atom stereocenters. The molecule has 0 saturated carbocycles. The third-order valence-electron chi connectivity index (χ3n) is 7.36. The summed E-state index contributed by atoms with van der Waals surface area (Å²) in [5.41, 5.74) is 0. The van der Waals surface area contributed by atoms with Crippen molar-refractivity contribution < 1.29 is 18.9 Å². The molecule has 0 fully saturated rings. The predicted molar refractivity (Wildman–Crippen MR) is 172 cm³/mol. The van der Waals surface area contributed by atoms with Gasteiger partial charge in [0.2, 0.25) is 0 Å². The lowest BCUT2D eigenvalue weighted by Gasteiger charge is -2.05. The highest BCUT2D eigenvalue weighted by Crippen LogP contribution is 2.35. The number of hydrogen-bond acceptors (Lipinski definition) is 3. The first-order valence-corrected chi connectivity index (χ1v) is 18.5. The number of rotatable bonds is 31. The van der Waals surface area contributed by atoms with Gasteiger partial charge in [-0.05, 0) is 12.8 Å². The van der Waals surface area contributed by atoms with E-state index >= 15 is 0 Å². The molecule has 0 radical (unpaired) electrons. The number of phosphoric acid groups is 1. The van der Waals surface area contributed by atoms with Crippen LogP contribution in [0.2, 0.25) is 0 Å². The van der Waals surface area contributed by atoms with Crippen LogP contribution in [0.25, 0.3) is 0 Å². The molecule has 3 N–H and O–H groups in total. The molecular formula is C30H62NO4PS2. The summed E-state index contributed by atoms with van der Waals surface area (Å²) in [6, 6.07) is 0. The van der Waals surface area contributed by atoms with Gasteiger partial charge in [0.05, 0.1) is 6.61 Å². The predicted octanol–water partition coefficient (Wildman–Crippen LogP) is 10.4. The van der Waals surface area contributed by atoms with E-state index in [-0.39, 0.29) is 6.61 Å². The smallest absolute Gasteiger partial charge is 0.371 e. The normalized spacial score (nSPS) is 11.8. The molecule has 0 amide bonds. The standard InChI is InChI=1S/C30H62NO4PS2/c32-36(33,34)35-29-27-25-23-21-19-17-15-13-11-9-7-5-3-1-2-4-6-8-10-12-14-16-18-20-22-24-26-28-31-30(37)38/h1-29H2,(H2,31,37,38)(H2,32,33,34). The molecule has 0 aliphatic heterocycles. The fourth-order valence-corrected chi connectivity index (χ4v) is 5.61. The van der Waals surface area contributed by atoms with Crippen molar-refractivity contribution in [3.8, 4) is 0 Å². The molecular weight excluding hydrogens is 533 g/mol. The van der Waals surface area contributed by atoms with Gasteiger partial charge in [-0.2, -0.15) is 0 Å². The van der Waals surface area contributed by atoms with E-state index in [0.717, 1.165) is 25.8 Å². The average Bonchev–Trinajstić information content (AvgIpc) is 2.86. The molecule has 38 heavy (non-hydrogen) atoms.